The largest absolute Gasteiger partial charge is 0.416 e. The number of hydrogen-bond donors (Lipinski definition) is 5. The number of alkyl halides is 3. The van der Waals surface area contributed by atoms with Crippen molar-refractivity contribution in [2.24, 2.45) is 16.7 Å². The van der Waals surface area contributed by atoms with Crippen LogP contribution < -0.4 is 27.5 Å². The van der Waals surface area contributed by atoms with Crippen LogP contribution in [0.5, 0.6) is 0 Å². The molecule has 0 radical (unpaired) electrons. The molecule has 0 spiro atoms. The van der Waals surface area contributed by atoms with E-state index >= 15 is 0 Å². The highest BCUT2D eigenvalue weighted by molar-refractivity contribution is 6.33. The third-order valence-corrected chi connectivity index (χ3v) is 5.40. The summed E-state index contributed by atoms with van der Waals surface area (Å²) in [7, 11) is 0. The molecule has 0 saturated heterocycles. The second-order valence-electron chi connectivity index (χ2n) is 8.86. The van der Waals surface area contributed by atoms with Crippen molar-refractivity contribution in [3.8, 4) is 0 Å². The first-order chi connectivity index (χ1) is 20.2. The van der Waals surface area contributed by atoms with Gasteiger partial charge in [-0.25, -0.2) is 15.3 Å². The number of aromatic nitrogens is 2. The topological polar surface area (TPSA) is 153 Å². The average Bonchev–Trinajstić information content (AvgIpc) is 2.94. The van der Waals surface area contributed by atoms with Crippen molar-refractivity contribution in [2.45, 2.75) is 53.3 Å². The van der Waals surface area contributed by atoms with Crippen molar-refractivity contribution in [1.29, 1.82) is 5.41 Å². The van der Waals surface area contributed by atoms with Crippen LogP contribution in [-0.2, 0) is 12.7 Å². The van der Waals surface area contributed by atoms with Crippen LogP contribution in [0, 0.1) is 11.2 Å². The Morgan fingerprint density at radius 3 is 2.44 bits per heavy atom. The molecule has 3 rings (SSSR count). The molecule has 0 bridgehead atoms. The van der Waals surface area contributed by atoms with E-state index < -0.39 is 23.1 Å². The third-order valence-electron chi connectivity index (χ3n) is 5.04. The van der Waals surface area contributed by atoms with Crippen molar-refractivity contribution in [2.75, 3.05) is 18.0 Å². The van der Waals surface area contributed by atoms with E-state index in [0.717, 1.165) is 29.1 Å². The summed E-state index contributed by atoms with van der Waals surface area (Å²) >= 11 is 6.00. The van der Waals surface area contributed by atoms with E-state index in [1.165, 1.54) is 18.7 Å². The number of benzene rings is 1. The van der Waals surface area contributed by atoms with Crippen molar-refractivity contribution >= 4 is 29.7 Å². The lowest BCUT2D eigenvalue weighted by Gasteiger charge is -2.34. The number of rotatable bonds is 7. The minimum atomic E-state index is -4.72. The Labute approximate surface area is 254 Å². The van der Waals surface area contributed by atoms with Crippen LogP contribution in [0.2, 0.25) is 5.02 Å². The summed E-state index contributed by atoms with van der Waals surface area (Å²) in [5.41, 5.74) is 8.95. The monoisotopic (exact) mass is 629 g/mol. The number of hydrogen-bond acceptors (Lipinski definition) is 9. The molecular formula is C28H40ClF4N9O. The summed E-state index contributed by atoms with van der Waals surface area (Å²) in [6, 6.07) is 2.43. The molecular weight excluding hydrogens is 590 g/mol. The lowest BCUT2D eigenvalue weighted by Crippen LogP contribution is -2.42. The van der Waals surface area contributed by atoms with Crippen LogP contribution in [-0.4, -0.2) is 40.7 Å². The molecule has 10 nitrogen and oxygen atoms in total. The van der Waals surface area contributed by atoms with Gasteiger partial charge in [-0.15, -0.1) is 0 Å². The van der Waals surface area contributed by atoms with Crippen molar-refractivity contribution in [3.63, 3.8) is 0 Å². The predicted molar refractivity (Wildman–Crippen MR) is 166 cm³/mol. The number of hydrazine groups is 1. The Kier molecular flexibility index (Phi) is 17.9. The van der Waals surface area contributed by atoms with Crippen molar-refractivity contribution < 1.29 is 17.6 Å². The first-order valence-corrected chi connectivity index (χ1v) is 13.4. The lowest BCUT2D eigenvalue weighted by atomic mass is 10.1. The van der Waals surface area contributed by atoms with Gasteiger partial charge in [0.05, 0.1) is 36.2 Å². The van der Waals surface area contributed by atoms with Crippen LogP contribution in [0.3, 0.4) is 0 Å². The quantitative estimate of drug-likeness (QED) is 0.114. The molecule has 2 heterocycles. The maximum absolute atomic E-state index is 13.3. The Hall–Kier alpha value is -4.17. The first-order valence-electron chi connectivity index (χ1n) is 13.0. The molecule has 0 saturated carbocycles. The van der Waals surface area contributed by atoms with Gasteiger partial charge in [0.15, 0.2) is 0 Å². The summed E-state index contributed by atoms with van der Waals surface area (Å²) in [5, 5.41) is 16.9. The van der Waals surface area contributed by atoms with E-state index in [1.807, 2.05) is 13.8 Å². The molecule has 0 unspecified atom stereocenters. The first kappa shape index (κ1) is 38.8. The molecule has 1 aromatic heterocycles. The molecule has 7 N–H and O–H groups in total. The molecule has 1 aliphatic rings. The van der Waals surface area contributed by atoms with Gasteiger partial charge in [0.1, 0.15) is 10.8 Å². The molecule has 0 amide bonds. The second kappa shape index (κ2) is 19.9. The van der Waals surface area contributed by atoms with E-state index in [9.17, 15) is 22.4 Å². The Morgan fingerprint density at radius 1 is 1.37 bits per heavy atom. The Bertz CT molecular complexity index is 1300. The Balaban J connectivity index is 0.00000105. The van der Waals surface area contributed by atoms with E-state index in [1.54, 1.807) is 11.1 Å². The van der Waals surface area contributed by atoms with Gasteiger partial charge in [-0.05, 0) is 31.5 Å². The summed E-state index contributed by atoms with van der Waals surface area (Å²) in [6.07, 6.45) is 2.45. The summed E-state index contributed by atoms with van der Waals surface area (Å²) in [4.78, 5) is 13.3. The van der Waals surface area contributed by atoms with Crippen LogP contribution in [0.1, 0.15) is 51.7 Å². The third kappa shape index (κ3) is 14.0. The molecule has 0 fully saturated rings. The van der Waals surface area contributed by atoms with Gasteiger partial charge in [-0.1, -0.05) is 57.2 Å². The fourth-order valence-corrected chi connectivity index (χ4v) is 3.52. The highest BCUT2D eigenvalue weighted by Gasteiger charge is 2.34. The summed E-state index contributed by atoms with van der Waals surface area (Å²) in [5.74, 6) is 5.00. The maximum Gasteiger partial charge on any atom is 0.416 e. The molecule has 1 aromatic carbocycles. The highest BCUT2D eigenvalue weighted by atomic mass is 35.5. The zero-order valence-electron chi connectivity index (χ0n) is 24.7. The number of aromatic amines is 1. The molecule has 0 aliphatic carbocycles. The Morgan fingerprint density at radius 2 is 1.98 bits per heavy atom. The standard InChI is InChI=1S/C17H17ClF4N6O.C5H10N2.C3H5N.C3H8/c18-15-14(6-25-26-16(15)29)27-4-3-13(12(23)8-27)28(24)7-9-1-2-10(19)5-11(9)17(20,21)22;1-4-6-7-5(2)3;1-2-3-4;1-3-2/h1-2,5-6H,3-4,7-8,23-24H2,(H,26,29);4,7H,2H2,1,3H3;2-4H,1H2;3H2,1-2H3/b;6-4-;;. The fourth-order valence-electron chi connectivity index (χ4n) is 3.31. The van der Waals surface area contributed by atoms with Gasteiger partial charge < -0.3 is 21.1 Å². The van der Waals surface area contributed by atoms with E-state index in [-0.39, 0.29) is 23.7 Å². The number of hydrazone groups is 1. The maximum atomic E-state index is 13.3. The molecule has 15 heteroatoms. The number of allylic oxidation sites excluding steroid dienone is 2. The van der Waals surface area contributed by atoms with Crippen molar-refractivity contribution in [1.82, 2.24) is 20.6 Å². The lowest BCUT2D eigenvalue weighted by molar-refractivity contribution is -0.138. The average molecular weight is 630 g/mol. The molecule has 0 atom stereocenters. The number of halogens is 5. The fraction of sp³-hybridized carbons (Fsp3) is 0.357. The zero-order chi connectivity index (χ0) is 33.2. The number of H-pyrrole nitrogens is 1. The summed E-state index contributed by atoms with van der Waals surface area (Å²) in [6.45, 7) is 15.0. The minimum absolute atomic E-state index is 0.0398. The second-order valence-corrected chi connectivity index (χ2v) is 9.24. The highest BCUT2D eigenvalue weighted by Crippen LogP contribution is 2.34. The number of nitrogens with one attached hydrogen (secondary N) is 3. The normalized spacial score (nSPS) is 12.6. The van der Waals surface area contributed by atoms with Gasteiger partial charge in [0.2, 0.25) is 0 Å². The minimum Gasteiger partial charge on any atom is -0.399 e. The van der Waals surface area contributed by atoms with Gasteiger partial charge in [0, 0.05) is 36.8 Å². The number of anilines is 1. The number of nitrogens with two attached hydrogens (primary N) is 2. The SMILES string of the molecule is C=C(C)N/N=C\C.C=CC=N.CCC.NC1=C(N(N)Cc2ccc(F)cc2C(F)(F)F)CCN(c2cn[nH]c(=O)c2Cl)C1. The van der Waals surface area contributed by atoms with Crippen LogP contribution in [0.25, 0.3) is 0 Å². The smallest absolute Gasteiger partial charge is 0.399 e. The van der Waals surface area contributed by atoms with Crippen LogP contribution in [0.15, 0.2) is 70.6 Å². The summed E-state index contributed by atoms with van der Waals surface area (Å²) < 4.78 is 52.9. The molecule has 43 heavy (non-hydrogen) atoms. The zero-order valence-corrected chi connectivity index (χ0v) is 25.5. The van der Waals surface area contributed by atoms with Gasteiger partial charge in [-0.3, -0.25) is 10.2 Å². The molecule has 2 aromatic rings. The van der Waals surface area contributed by atoms with Crippen LogP contribution in [0.4, 0.5) is 23.2 Å². The van der Waals surface area contributed by atoms with Crippen molar-refractivity contribution in [3.05, 3.63) is 93.0 Å². The predicted octanol–water partition coefficient (Wildman–Crippen LogP) is 5.69. The molecule has 238 valence electrons. The van der Waals surface area contributed by atoms with E-state index in [0.29, 0.717) is 36.1 Å². The van der Waals surface area contributed by atoms with Gasteiger partial charge in [-0.2, -0.15) is 23.4 Å². The van der Waals surface area contributed by atoms with E-state index in [2.05, 4.69) is 47.7 Å². The number of nitrogens with zero attached hydrogens (tertiary/aromatic N) is 4. The van der Waals surface area contributed by atoms with Gasteiger partial charge in [0.25, 0.3) is 5.56 Å². The van der Waals surface area contributed by atoms with Crippen LogP contribution >= 0.6 is 11.6 Å². The van der Waals surface area contributed by atoms with E-state index in [4.69, 9.17) is 28.6 Å². The molecule has 1 aliphatic heterocycles. The van der Waals surface area contributed by atoms with Gasteiger partial charge >= 0.3 is 6.18 Å².